The number of sulfonamides is 1. The predicted octanol–water partition coefficient (Wildman–Crippen LogP) is 3.99. The Balaban J connectivity index is 1.64. The Bertz CT molecular complexity index is 1170. The van der Waals surface area contributed by atoms with Gasteiger partial charge in [-0.05, 0) is 50.6 Å². The van der Waals surface area contributed by atoms with Crippen LogP contribution in [0.25, 0.3) is 11.0 Å². The number of aromatic nitrogens is 2. The number of aryl methyl sites for hydroxylation is 3. The van der Waals surface area contributed by atoms with Gasteiger partial charge in [-0.3, -0.25) is 0 Å². The zero-order chi connectivity index (χ0) is 21.3. The van der Waals surface area contributed by atoms with E-state index in [0.717, 1.165) is 29.2 Å². The van der Waals surface area contributed by atoms with Gasteiger partial charge in [-0.25, -0.2) is 13.4 Å². The van der Waals surface area contributed by atoms with E-state index in [-0.39, 0.29) is 0 Å². The van der Waals surface area contributed by atoms with Crippen LogP contribution in [0.4, 0.5) is 0 Å². The first-order chi connectivity index (χ1) is 14.4. The molecule has 1 aromatic heterocycles. The van der Waals surface area contributed by atoms with Gasteiger partial charge in [-0.1, -0.05) is 17.7 Å². The largest absolute Gasteiger partial charge is 0.379 e. The molecule has 0 saturated carbocycles. The average molecular weight is 446 g/mol. The van der Waals surface area contributed by atoms with Gasteiger partial charge in [0, 0.05) is 24.5 Å². The SMILES string of the molecule is CCn1c(CSc2cc(C)ccc2C)nc2cc(S(=O)(=O)N3CCOCC3)ccc21. The third-order valence-corrected chi connectivity index (χ3v) is 8.47. The second-order valence-corrected chi connectivity index (χ2v) is 10.5. The van der Waals surface area contributed by atoms with Crippen LogP contribution in [0.2, 0.25) is 0 Å². The number of morpholine rings is 1. The summed E-state index contributed by atoms with van der Waals surface area (Å²) in [6.45, 7) is 8.75. The lowest BCUT2D eigenvalue weighted by Gasteiger charge is -2.26. The van der Waals surface area contributed by atoms with Crippen LogP contribution in [0.3, 0.4) is 0 Å². The van der Waals surface area contributed by atoms with Crippen LogP contribution in [0, 0.1) is 13.8 Å². The molecule has 0 spiro atoms. The highest BCUT2D eigenvalue weighted by Gasteiger charge is 2.27. The zero-order valence-corrected chi connectivity index (χ0v) is 19.2. The van der Waals surface area contributed by atoms with Crippen molar-refractivity contribution in [3.8, 4) is 0 Å². The molecule has 2 aromatic carbocycles. The minimum absolute atomic E-state index is 0.298. The highest BCUT2D eigenvalue weighted by molar-refractivity contribution is 7.98. The fourth-order valence-corrected chi connectivity index (χ4v) is 6.22. The second-order valence-electron chi connectivity index (χ2n) is 7.50. The number of ether oxygens (including phenoxy) is 1. The lowest BCUT2D eigenvalue weighted by Crippen LogP contribution is -2.40. The Morgan fingerprint density at radius 3 is 2.60 bits per heavy atom. The minimum atomic E-state index is -3.53. The Hall–Kier alpha value is -1.87. The molecule has 8 heteroatoms. The zero-order valence-electron chi connectivity index (χ0n) is 17.6. The molecule has 0 N–H and O–H groups in total. The van der Waals surface area contributed by atoms with Crippen molar-refractivity contribution in [1.82, 2.24) is 13.9 Å². The van der Waals surface area contributed by atoms with Gasteiger partial charge in [0.2, 0.25) is 10.0 Å². The Labute approximate surface area is 182 Å². The molecule has 3 aromatic rings. The van der Waals surface area contributed by atoms with E-state index < -0.39 is 10.0 Å². The lowest BCUT2D eigenvalue weighted by molar-refractivity contribution is 0.0730. The quantitative estimate of drug-likeness (QED) is 0.537. The average Bonchev–Trinajstić information content (AvgIpc) is 3.11. The van der Waals surface area contributed by atoms with Crippen molar-refractivity contribution < 1.29 is 13.2 Å². The van der Waals surface area contributed by atoms with Gasteiger partial charge in [0.15, 0.2) is 0 Å². The maximum atomic E-state index is 13.0. The van der Waals surface area contributed by atoms with Gasteiger partial charge in [-0.15, -0.1) is 11.8 Å². The normalized spacial score (nSPS) is 15.7. The monoisotopic (exact) mass is 445 g/mol. The summed E-state index contributed by atoms with van der Waals surface area (Å²) in [6, 6.07) is 11.7. The van der Waals surface area contributed by atoms with Crippen molar-refractivity contribution >= 4 is 32.8 Å². The molecule has 0 atom stereocenters. The van der Waals surface area contributed by atoms with Crippen LogP contribution < -0.4 is 0 Å². The lowest BCUT2D eigenvalue weighted by atomic mass is 10.2. The molecular formula is C22H27N3O3S2. The van der Waals surface area contributed by atoms with Gasteiger partial charge in [0.1, 0.15) is 5.82 Å². The molecule has 0 aliphatic carbocycles. The number of nitrogens with zero attached hydrogens (tertiary/aromatic N) is 3. The van der Waals surface area contributed by atoms with Gasteiger partial charge in [0.05, 0.1) is 34.9 Å². The highest BCUT2D eigenvalue weighted by Crippen LogP contribution is 2.29. The molecule has 2 heterocycles. The number of hydrogen-bond donors (Lipinski definition) is 0. The number of hydrogen-bond acceptors (Lipinski definition) is 5. The van der Waals surface area contributed by atoms with E-state index in [9.17, 15) is 8.42 Å². The fourth-order valence-electron chi connectivity index (χ4n) is 3.72. The van der Waals surface area contributed by atoms with E-state index in [1.54, 1.807) is 23.9 Å². The third kappa shape index (κ3) is 4.14. The maximum Gasteiger partial charge on any atom is 0.243 e. The number of rotatable bonds is 6. The molecule has 1 fully saturated rings. The maximum absolute atomic E-state index is 13.0. The Morgan fingerprint density at radius 1 is 1.10 bits per heavy atom. The molecule has 0 radical (unpaired) electrons. The summed E-state index contributed by atoms with van der Waals surface area (Å²) in [4.78, 5) is 6.35. The molecular weight excluding hydrogens is 418 g/mol. The molecule has 0 amide bonds. The van der Waals surface area contributed by atoms with E-state index in [1.807, 2.05) is 6.07 Å². The number of thioether (sulfide) groups is 1. The number of imidazole rings is 1. The summed E-state index contributed by atoms with van der Waals surface area (Å²) in [7, 11) is -3.53. The van der Waals surface area contributed by atoms with E-state index in [4.69, 9.17) is 9.72 Å². The van der Waals surface area contributed by atoms with Gasteiger partial charge in [0.25, 0.3) is 0 Å². The summed E-state index contributed by atoms with van der Waals surface area (Å²) in [5.74, 6) is 1.69. The van der Waals surface area contributed by atoms with Crippen LogP contribution in [0.15, 0.2) is 46.2 Å². The molecule has 1 saturated heterocycles. The Kier molecular flexibility index (Phi) is 6.20. The minimum Gasteiger partial charge on any atom is -0.379 e. The van der Waals surface area contributed by atoms with Crippen molar-refractivity contribution in [3.63, 3.8) is 0 Å². The number of benzene rings is 2. The summed E-state index contributed by atoms with van der Waals surface area (Å²) in [5.41, 5.74) is 4.19. The van der Waals surface area contributed by atoms with E-state index >= 15 is 0 Å². The van der Waals surface area contributed by atoms with Crippen molar-refractivity contribution in [3.05, 3.63) is 53.3 Å². The molecule has 6 nitrogen and oxygen atoms in total. The first kappa shape index (κ1) is 21.4. The van der Waals surface area contributed by atoms with E-state index in [0.29, 0.717) is 31.2 Å². The van der Waals surface area contributed by atoms with Crippen LogP contribution in [0.5, 0.6) is 0 Å². The molecule has 1 aliphatic rings. The van der Waals surface area contributed by atoms with Crippen LogP contribution >= 0.6 is 11.8 Å². The smallest absolute Gasteiger partial charge is 0.243 e. The summed E-state index contributed by atoms with van der Waals surface area (Å²) in [5, 5.41) is 0. The third-order valence-electron chi connectivity index (χ3n) is 5.42. The first-order valence-electron chi connectivity index (χ1n) is 10.2. The molecule has 0 unspecified atom stereocenters. The summed E-state index contributed by atoms with van der Waals surface area (Å²) < 4.78 is 35.0. The van der Waals surface area contributed by atoms with Crippen LogP contribution in [-0.2, 0) is 27.1 Å². The molecule has 30 heavy (non-hydrogen) atoms. The number of fused-ring (bicyclic) bond motifs is 1. The fraction of sp³-hybridized carbons (Fsp3) is 0.409. The van der Waals surface area contributed by atoms with Crippen molar-refractivity contribution in [2.45, 2.75) is 42.9 Å². The predicted molar refractivity (Wildman–Crippen MR) is 120 cm³/mol. The molecule has 0 bridgehead atoms. The van der Waals surface area contributed by atoms with Crippen molar-refractivity contribution in [1.29, 1.82) is 0 Å². The Morgan fingerprint density at radius 2 is 1.87 bits per heavy atom. The molecule has 160 valence electrons. The van der Waals surface area contributed by atoms with Crippen molar-refractivity contribution in [2.75, 3.05) is 26.3 Å². The topological polar surface area (TPSA) is 64.4 Å². The van der Waals surface area contributed by atoms with E-state index in [1.165, 1.54) is 20.3 Å². The molecule has 1 aliphatic heterocycles. The molecule has 4 rings (SSSR count). The summed E-state index contributed by atoms with van der Waals surface area (Å²) in [6.07, 6.45) is 0. The standard InChI is InChI=1S/C22H27N3O3S2/c1-4-25-20-8-7-18(30(26,27)24-9-11-28-12-10-24)14-19(20)23-22(25)15-29-21-13-16(2)5-6-17(21)3/h5-8,13-14H,4,9-12,15H2,1-3H3. The second kappa shape index (κ2) is 8.70. The highest BCUT2D eigenvalue weighted by atomic mass is 32.2. The summed E-state index contributed by atoms with van der Waals surface area (Å²) >= 11 is 1.77. The van der Waals surface area contributed by atoms with Gasteiger partial charge >= 0.3 is 0 Å². The van der Waals surface area contributed by atoms with Crippen LogP contribution in [-0.4, -0.2) is 48.6 Å². The van der Waals surface area contributed by atoms with Crippen molar-refractivity contribution in [2.24, 2.45) is 0 Å². The van der Waals surface area contributed by atoms with E-state index in [2.05, 4.69) is 43.5 Å². The van der Waals surface area contributed by atoms with Gasteiger partial charge < -0.3 is 9.30 Å². The van der Waals surface area contributed by atoms with Crippen LogP contribution in [0.1, 0.15) is 23.9 Å². The van der Waals surface area contributed by atoms with Gasteiger partial charge in [-0.2, -0.15) is 4.31 Å². The first-order valence-corrected chi connectivity index (χ1v) is 12.6.